The van der Waals surface area contributed by atoms with Gasteiger partial charge in [0.25, 0.3) is 5.91 Å². The standard InChI is InChI=1S/C22H28N2O2/c1-17-9-11-21(12-10-17)26-18(2)22(25)23-15-19-7-3-4-8-20(19)16-24-13-5-6-14-24/h3-4,7-12,18H,5-6,13-16H2,1-2H3,(H,23,25)/t18-/m0/s1. The van der Waals surface area contributed by atoms with E-state index >= 15 is 0 Å². The van der Waals surface area contributed by atoms with Crippen LogP contribution in [-0.4, -0.2) is 30.0 Å². The quantitative estimate of drug-likeness (QED) is 0.827. The molecule has 0 radical (unpaired) electrons. The lowest BCUT2D eigenvalue weighted by Crippen LogP contribution is -2.36. The van der Waals surface area contributed by atoms with Crippen LogP contribution in [0.1, 0.15) is 36.5 Å². The Bertz CT molecular complexity index is 721. The Hall–Kier alpha value is -2.33. The van der Waals surface area contributed by atoms with Crippen molar-refractivity contribution in [3.8, 4) is 5.75 Å². The number of amides is 1. The van der Waals surface area contributed by atoms with Crippen molar-refractivity contribution in [2.24, 2.45) is 0 Å². The number of carbonyl (C=O) groups excluding carboxylic acids is 1. The van der Waals surface area contributed by atoms with E-state index in [1.165, 1.54) is 42.6 Å². The number of benzene rings is 2. The minimum Gasteiger partial charge on any atom is -0.481 e. The monoisotopic (exact) mass is 352 g/mol. The van der Waals surface area contributed by atoms with E-state index in [-0.39, 0.29) is 5.91 Å². The number of hydrogen-bond donors (Lipinski definition) is 1. The number of carbonyl (C=O) groups is 1. The molecule has 26 heavy (non-hydrogen) atoms. The van der Waals surface area contributed by atoms with Gasteiger partial charge in [0.1, 0.15) is 5.75 Å². The molecule has 4 nitrogen and oxygen atoms in total. The van der Waals surface area contributed by atoms with Crippen LogP contribution in [0, 0.1) is 6.92 Å². The zero-order valence-electron chi connectivity index (χ0n) is 15.7. The number of aryl methyl sites for hydroxylation is 1. The van der Waals surface area contributed by atoms with Crippen molar-refractivity contribution in [3.05, 3.63) is 65.2 Å². The summed E-state index contributed by atoms with van der Waals surface area (Å²) in [6.07, 6.45) is 2.04. The maximum atomic E-state index is 12.4. The highest BCUT2D eigenvalue weighted by Gasteiger charge is 2.16. The molecule has 1 saturated heterocycles. The topological polar surface area (TPSA) is 41.6 Å². The maximum Gasteiger partial charge on any atom is 0.261 e. The molecule has 1 atom stereocenters. The molecule has 1 N–H and O–H groups in total. The fourth-order valence-corrected chi connectivity index (χ4v) is 3.27. The molecule has 0 unspecified atom stereocenters. The second-order valence-electron chi connectivity index (χ2n) is 7.04. The highest BCUT2D eigenvalue weighted by atomic mass is 16.5. The van der Waals surface area contributed by atoms with Gasteiger partial charge in [-0.05, 0) is 63.0 Å². The zero-order chi connectivity index (χ0) is 18.4. The van der Waals surface area contributed by atoms with Gasteiger partial charge in [0.05, 0.1) is 0 Å². The first-order chi connectivity index (χ1) is 12.6. The summed E-state index contributed by atoms with van der Waals surface area (Å²) in [6.45, 7) is 7.64. The Balaban J connectivity index is 1.54. The van der Waals surface area contributed by atoms with Crippen LogP contribution in [0.5, 0.6) is 5.75 Å². The van der Waals surface area contributed by atoms with Gasteiger partial charge >= 0.3 is 0 Å². The third-order valence-corrected chi connectivity index (χ3v) is 4.87. The van der Waals surface area contributed by atoms with Crippen LogP contribution >= 0.6 is 0 Å². The number of nitrogens with one attached hydrogen (secondary N) is 1. The van der Waals surface area contributed by atoms with E-state index in [1.54, 1.807) is 6.92 Å². The predicted octanol–water partition coefficient (Wildman–Crippen LogP) is 3.67. The summed E-state index contributed by atoms with van der Waals surface area (Å²) in [5.74, 6) is 0.620. The molecule has 0 aliphatic carbocycles. The molecule has 4 heteroatoms. The number of likely N-dealkylation sites (tertiary alicyclic amines) is 1. The second-order valence-corrected chi connectivity index (χ2v) is 7.04. The lowest BCUT2D eigenvalue weighted by Gasteiger charge is -2.19. The van der Waals surface area contributed by atoms with Gasteiger partial charge in [0.15, 0.2) is 6.10 Å². The average molecular weight is 352 g/mol. The van der Waals surface area contributed by atoms with E-state index in [1.807, 2.05) is 37.3 Å². The van der Waals surface area contributed by atoms with Gasteiger partial charge < -0.3 is 10.1 Å². The highest BCUT2D eigenvalue weighted by molar-refractivity contribution is 5.80. The van der Waals surface area contributed by atoms with Crippen molar-refractivity contribution in [2.45, 2.75) is 45.9 Å². The van der Waals surface area contributed by atoms with Crippen molar-refractivity contribution in [2.75, 3.05) is 13.1 Å². The summed E-state index contributed by atoms with van der Waals surface area (Å²) in [5, 5.41) is 3.01. The number of hydrogen-bond acceptors (Lipinski definition) is 3. The van der Waals surface area contributed by atoms with Crippen LogP contribution < -0.4 is 10.1 Å². The van der Waals surface area contributed by atoms with Gasteiger partial charge in [-0.3, -0.25) is 9.69 Å². The average Bonchev–Trinajstić information content (AvgIpc) is 3.15. The van der Waals surface area contributed by atoms with Crippen LogP contribution in [0.25, 0.3) is 0 Å². The normalized spacial score (nSPS) is 15.6. The summed E-state index contributed by atoms with van der Waals surface area (Å²) in [4.78, 5) is 14.9. The largest absolute Gasteiger partial charge is 0.481 e. The van der Waals surface area contributed by atoms with Crippen molar-refractivity contribution in [1.82, 2.24) is 10.2 Å². The van der Waals surface area contributed by atoms with Gasteiger partial charge in [0, 0.05) is 13.1 Å². The smallest absolute Gasteiger partial charge is 0.261 e. The van der Waals surface area contributed by atoms with Crippen LogP contribution in [0.4, 0.5) is 0 Å². The van der Waals surface area contributed by atoms with E-state index in [2.05, 4.69) is 28.4 Å². The second kappa shape index (κ2) is 8.86. The van der Waals surface area contributed by atoms with E-state index in [0.717, 1.165) is 6.54 Å². The maximum absolute atomic E-state index is 12.4. The Kier molecular flexibility index (Phi) is 6.29. The van der Waals surface area contributed by atoms with Gasteiger partial charge in [-0.2, -0.15) is 0 Å². The molecule has 1 aliphatic rings. The lowest BCUT2D eigenvalue weighted by atomic mass is 10.1. The minimum atomic E-state index is -0.525. The number of nitrogens with zero attached hydrogens (tertiary/aromatic N) is 1. The molecule has 1 fully saturated rings. The Morgan fingerprint density at radius 3 is 2.42 bits per heavy atom. The number of rotatable bonds is 7. The molecular formula is C22H28N2O2. The SMILES string of the molecule is Cc1ccc(O[C@@H](C)C(=O)NCc2ccccc2CN2CCCC2)cc1. The predicted molar refractivity (Wildman–Crippen MR) is 104 cm³/mol. The molecule has 0 spiro atoms. The van der Waals surface area contributed by atoms with Crippen molar-refractivity contribution >= 4 is 5.91 Å². The Morgan fingerprint density at radius 1 is 1.08 bits per heavy atom. The molecule has 0 aromatic heterocycles. The van der Waals surface area contributed by atoms with Crippen molar-refractivity contribution < 1.29 is 9.53 Å². The van der Waals surface area contributed by atoms with Gasteiger partial charge in [-0.15, -0.1) is 0 Å². The highest BCUT2D eigenvalue weighted by Crippen LogP contribution is 2.17. The minimum absolute atomic E-state index is 0.0958. The van der Waals surface area contributed by atoms with E-state index in [0.29, 0.717) is 12.3 Å². The third-order valence-electron chi connectivity index (χ3n) is 4.87. The van der Waals surface area contributed by atoms with Crippen LogP contribution in [-0.2, 0) is 17.9 Å². The molecule has 1 heterocycles. The summed E-state index contributed by atoms with van der Waals surface area (Å²) in [6, 6.07) is 16.1. The fraction of sp³-hybridized carbons (Fsp3) is 0.409. The first kappa shape index (κ1) is 18.5. The van der Waals surface area contributed by atoms with E-state index < -0.39 is 6.10 Å². The fourth-order valence-electron chi connectivity index (χ4n) is 3.27. The summed E-state index contributed by atoms with van der Waals surface area (Å²) >= 11 is 0. The summed E-state index contributed by atoms with van der Waals surface area (Å²) < 4.78 is 5.74. The Labute approximate surface area is 156 Å². The van der Waals surface area contributed by atoms with Crippen molar-refractivity contribution in [3.63, 3.8) is 0 Å². The molecule has 2 aromatic carbocycles. The first-order valence-electron chi connectivity index (χ1n) is 9.42. The molecule has 0 bridgehead atoms. The molecule has 1 aliphatic heterocycles. The van der Waals surface area contributed by atoms with Crippen LogP contribution in [0.3, 0.4) is 0 Å². The lowest BCUT2D eigenvalue weighted by molar-refractivity contribution is -0.127. The van der Waals surface area contributed by atoms with Gasteiger partial charge in [-0.1, -0.05) is 42.0 Å². The molecule has 2 aromatic rings. The van der Waals surface area contributed by atoms with Crippen LogP contribution in [0.15, 0.2) is 48.5 Å². The molecular weight excluding hydrogens is 324 g/mol. The van der Waals surface area contributed by atoms with Crippen LogP contribution in [0.2, 0.25) is 0 Å². The molecule has 3 rings (SSSR count). The summed E-state index contributed by atoms with van der Waals surface area (Å²) in [5.41, 5.74) is 3.64. The molecule has 0 saturated carbocycles. The third kappa shape index (κ3) is 5.09. The van der Waals surface area contributed by atoms with E-state index in [4.69, 9.17) is 4.74 Å². The Morgan fingerprint density at radius 2 is 1.73 bits per heavy atom. The van der Waals surface area contributed by atoms with Gasteiger partial charge in [0.2, 0.25) is 0 Å². The van der Waals surface area contributed by atoms with Gasteiger partial charge in [-0.25, -0.2) is 0 Å². The summed E-state index contributed by atoms with van der Waals surface area (Å²) in [7, 11) is 0. The van der Waals surface area contributed by atoms with E-state index in [9.17, 15) is 4.79 Å². The van der Waals surface area contributed by atoms with Crippen molar-refractivity contribution in [1.29, 1.82) is 0 Å². The molecule has 138 valence electrons. The zero-order valence-corrected chi connectivity index (χ0v) is 15.7. The first-order valence-corrected chi connectivity index (χ1v) is 9.42. The molecule has 1 amide bonds. The number of ether oxygens (including phenoxy) is 1.